The predicted molar refractivity (Wildman–Crippen MR) is 65.3 cm³/mol. The van der Waals surface area contributed by atoms with Gasteiger partial charge in [0.15, 0.2) is 0 Å². The van der Waals surface area contributed by atoms with Gasteiger partial charge in [0.2, 0.25) is 0 Å². The molecule has 3 nitrogen and oxygen atoms in total. The Bertz CT molecular complexity index is 200. The van der Waals surface area contributed by atoms with Crippen molar-refractivity contribution in [3.63, 3.8) is 0 Å². The van der Waals surface area contributed by atoms with E-state index >= 15 is 0 Å². The molecule has 94 valence electrons. The summed E-state index contributed by atoms with van der Waals surface area (Å²) in [7, 11) is 0. The fourth-order valence-corrected chi connectivity index (χ4v) is 2.21. The number of rotatable bonds is 6. The van der Waals surface area contributed by atoms with Crippen molar-refractivity contribution in [2.75, 3.05) is 6.54 Å². The highest BCUT2D eigenvalue weighted by atomic mass is 16.5. The molecule has 2 unspecified atom stereocenters. The summed E-state index contributed by atoms with van der Waals surface area (Å²) in [6.45, 7) is 5.18. The molecule has 2 atom stereocenters. The molecule has 0 spiro atoms. The molecule has 0 aromatic heterocycles. The largest absolute Gasteiger partial charge is 0.463 e. The zero-order valence-electron chi connectivity index (χ0n) is 10.6. The summed E-state index contributed by atoms with van der Waals surface area (Å²) < 4.78 is 5.32. The number of esters is 1. The van der Waals surface area contributed by atoms with Crippen LogP contribution in [0.5, 0.6) is 0 Å². The number of piperidine rings is 1. The SMILES string of the molecule is CCCC(C)OC(=O)CCC1CCCCN1. The minimum atomic E-state index is -0.0340. The monoisotopic (exact) mass is 227 g/mol. The summed E-state index contributed by atoms with van der Waals surface area (Å²) in [4.78, 5) is 11.5. The van der Waals surface area contributed by atoms with Crippen LogP contribution >= 0.6 is 0 Å². The highest BCUT2D eigenvalue weighted by molar-refractivity contribution is 5.69. The maximum atomic E-state index is 11.5. The van der Waals surface area contributed by atoms with E-state index in [0.29, 0.717) is 12.5 Å². The number of carbonyl (C=O) groups is 1. The summed E-state index contributed by atoms with van der Waals surface area (Å²) >= 11 is 0. The van der Waals surface area contributed by atoms with E-state index in [9.17, 15) is 4.79 Å². The van der Waals surface area contributed by atoms with Crippen molar-refractivity contribution in [2.45, 2.75) is 70.9 Å². The summed E-state index contributed by atoms with van der Waals surface area (Å²) in [6, 6.07) is 0.530. The third kappa shape index (κ3) is 5.50. The normalized spacial score (nSPS) is 22.8. The summed E-state index contributed by atoms with van der Waals surface area (Å²) in [5, 5.41) is 3.45. The van der Waals surface area contributed by atoms with Crippen LogP contribution < -0.4 is 5.32 Å². The van der Waals surface area contributed by atoms with Gasteiger partial charge in [-0.2, -0.15) is 0 Å². The standard InChI is InChI=1S/C13H25NO2/c1-3-6-11(2)16-13(15)9-8-12-7-4-5-10-14-12/h11-12,14H,3-10H2,1-2H3. The van der Waals surface area contributed by atoms with Crippen molar-refractivity contribution in [1.82, 2.24) is 5.32 Å². The van der Waals surface area contributed by atoms with Crippen molar-refractivity contribution >= 4 is 5.97 Å². The molecule has 0 bridgehead atoms. The lowest BCUT2D eigenvalue weighted by Crippen LogP contribution is -2.34. The number of carbonyl (C=O) groups excluding carboxylic acids is 1. The predicted octanol–water partition coefficient (Wildman–Crippen LogP) is 2.64. The van der Waals surface area contributed by atoms with E-state index in [1.54, 1.807) is 0 Å². The van der Waals surface area contributed by atoms with Gasteiger partial charge in [-0.3, -0.25) is 4.79 Å². The topological polar surface area (TPSA) is 38.3 Å². The Morgan fingerprint density at radius 3 is 2.94 bits per heavy atom. The van der Waals surface area contributed by atoms with Crippen LogP contribution in [0, 0.1) is 0 Å². The third-order valence-corrected chi connectivity index (χ3v) is 3.14. The van der Waals surface area contributed by atoms with Crippen molar-refractivity contribution in [3.8, 4) is 0 Å². The first-order chi connectivity index (χ1) is 7.72. The Kier molecular flexibility index (Phi) is 6.46. The Morgan fingerprint density at radius 1 is 1.50 bits per heavy atom. The van der Waals surface area contributed by atoms with E-state index < -0.39 is 0 Å². The minimum absolute atomic E-state index is 0.0340. The lowest BCUT2D eigenvalue weighted by molar-refractivity contribution is -0.148. The van der Waals surface area contributed by atoms with Gasteiger partial charge >= 0.3 is 5.97 Å². The fraction of sp³-hybridized carbons (Fsp3) is 0.923. The molecule has 0 amide bonds. The van der Waals surface area contributed by atoms with Crippen molar-refractivity contribution in [2.24, 2.45) is 0 Å². The lowest BCUT2D eigenvalue weighted by Gasteiger charge is -2.23. The molecule has 16 heavy (non-hydrogen) atoms. The highest BCUT2D eigenvalue weighted by Crippen LogP contribution is 2.12. The molecule has 3 heteroatoms. The maximum absolute atomic E-state index is 11.5. The van der Waals surface area contributed by atoms with Crippen LogP contribution in [0.1, 0.15) is 58.8 Å². The van der Waals surface area contributed by atoms with E-state index in [-0.39, 0.29) is 12.1 Å². The molecular weight excluding hydrogens is 202 g/mol. The number of nitrogens with one attached hydrogen (secondary N) is 1. The molecule has 1 saturated heterocycles. The second-order valence-electron chi connectivity index (χ2n) is 4.77. The van der Waals surface area contributed by atoms with E-state index in [1.165, 1.54) is 19.3 Å². The van der Waals surface area contributed by atoms with E-state index in [2.05, 4.69) is 12.2 Å². The summed E-state index contributed by atoms with van der Waals surface area (Å²) in [6.07, 6.45) is 7.37. The molecule has 1 aliphatic heterocycles. The second-order valence-corrected chi connectivity index (χ2v) is 4.77. The molecule has 0 aromatic carbocycles. The van der Waals surface area contributed by atoms with Crippen molar-refractivity contribution in [3.05, 3.63) is 0 Å². The van der Waals surface area contributed by atoms with Crippen LogP contribution in [0.4, 0.5) is 0 Å². The summed E-state index contributed by atoms with van der Waals surface area (Å²) in [5.41, 5.74) is 0. The van der Waals surface area contributed by atoms with Gasteiger partial charge in [0, 0.05) is 12.5 Å². The number of ether oxygens (including phenoxy) is 1. The molecule has 1 fully saturated rings. The Hall–Kier alpha value is -0.570. The first-order valence-electron chi connectivity index (χ1n) is 6.65. The van der Waals surface area contributed by atoms with Gasteiger partial charge in [0.1, 0.15) is 0 Å². The quantitative estimate of drug-likeness (QED) is 0.709. The summed E-state index contributed by atoms with van der Waals surface area (Å²) in [5.74, 6) is -0.0340. The number of hydrogen-bond donors (Lipinski definition) is 1. The van der Waals surface area contributed by atoms with Gasteiger partial charge in [0.25, 0.3) is 0 Å². The second kappa shape index (κ2) is 7.66. The Labute approximate surface area is 98.9 Å². The van der Waals surface area contributed by atoms with Crippen LogP contribution in [0.15, 0.2) is 0 Å². The zero-order valence-corrected chi connectivity index (χ0v) is 10.6. The van der Waals surface area contributed by atoms with Gasteiger partial charge in [0.05, 0.1) is 6.10 Å². The van der Waals surface area contributed by atoms with Crippen LogP contribution in [0.25, 0.3) is 0 Å². The van der Waals surface area contributed by atoms with Crippen LogP contribution in [-0.2, 0) is 9.53 Å². The van der Waals surface area contributed by atoms with Crippen LogP contribution in [-0.4, -0.2) is 24.7 Å². The lowest BCUT2D eigenvalue weighted by atomic mass is 10.0. The van der Waals surface area contributed by atoms with Gasteiger partial charge in [-0.1, -0.05) is 19.8 Å². The van der Waals surface area contributed by atoms with Crippen molar-refractivity contribution in [1.29, 1.82) is 0 Å². The average Bonchev–Trinajstić information content (AvgIpc) is 2.28. The molecule has 0 aromatic rings. The van der Waals surface area contributed by atoms with Crippen LogP contribution in [0.2, 0.25) is 0 Å². The third-order valence-electron chi connectivity index (χ3n) is 3.14. The average molecular weight is 227 g/mol. The smallest absolute Gasteiger partial charge is 0.306 e. The van der Waals surface area contributed by atoms with Gasteiger partial charge in [-0.05, 0) is 39.2 Å². The molecule has 0 aliphatic carbocycles. The molecule has 0 radical (unpaired) electrons. The zero-order chi connectivity index (χ0) is 11.8. The highest BCUT2D eigenvalue weighted by Gasteiger charge is 2.15. The first-order valence-corrected chi connectivity index (χ1v) is 6.65. The van der Waals surface area contributed by atoms with E-state index in [0.717, 1.165) is 25.8 Å². The van der Waals surface area contributed by atoms with Gasteiger partial charge in [-0.25, -0.2) is 0 Å². The Morgan fingerprint density at radius 2 is 2.31 bits per heavy atom. The molecule has 1 aliphatic rings. The van der Waals surface area contributed by atoms with Crippen LogP contribution in [0.3, 0.4) is 0 Å². The maximum Gasteiger partial charge on any atom is 0.306 e. The molecule has 1 N–H and O–H groups in total. The molecule has 1 heterocycles. The Balaban J connectivity index is 2.09. The minimum Gasteiger partial charge on any atom is -0.463 e. The fourth-order valence-electron chi connectivity index (χ4n) is 2.21. The molecule has 1 rings (SSSR count). The van der Waals surface area contributed by atoms with E-state index in [4.69, 9.17) is 4.74 Å². The van der Waals surface area contributed by atoms with Gasteiger partial charge < -0.3 is 10.1 Å². The number of hydrogen-bond acceptors (Lipinski definition) is 3. The van der Waals surface area contributed by atoms with Crippen molar-refractivity contribution < 1.29 is 9.53 Å². The molecule has 0 saturated carbocycles. The van der Waals surface area contributed by atoms with E-state index in [1.807, 2.05) is 6.92 Å². The first kappa shape index (κ1) is 13.5. The molecular formula is C13H25NO2. The van der Waals surface area contributed by atoms with Gasteiger partial charge in [-0.15, -0.1) is 0 Å².